The van der Waals surface area contributed by atoms with Crippen LogP contribution in [0.15, 0.2) is 18.5 Å². The van der Waals surface area contributed by atoms with E-state index in [4.69, 9.17) is 0 Å². The first kappa shape index (κ1) is 7.09. The van der Waals surface area contributed by atoms with Crippen molar-refractivity contribution in [1.29, 1.82) is 0 Å². The number of nitrogens with one attached hydrogen (secondary N) is 1. The Kier molecular flexibility index (Phi) is 1.46. The SMILES string of the molecule is Cc1cc(-c2nccn2C)[nH]n1. The van der Waals surface area contributed by atoms with Crippen molar-refractivity contribution < 1.29 is 0 Å². The minimum absolute atomic E-state index is 0.913. The van der Waals surface area contributed by atoms with Gasteiger partial charge < -0.3 is 4.57 Å². The Balaban J connectivity index is 2.50. The van der Waals surface area contributed by atoms with Crippen LogP contribution in [0.2, 0.25) is 0 Å². The molecular formula is C8H10N4. The highest BCUT2D eigenvalue weighted by Gasteiger charge is 2.04. The summed E-state index contributed by atoms with van der Waals surface area (Å²) in [6, 6.07) is 1.97. The molecule has 0 radical (unpaired) electrons. The summed E-state index contributed by atoms with van der Waals surface area (Å²) in [7, 11) is 1.96. The average molecular weight is 162 g/mol. The molecule has 0 bridgehead atoms. The minimum atomic E-state index is 0.913. The van der Waals surface area contributed by atoms with E-state index in [0.717, 1.165) is 17.2 Å². The second kappa shape index (κ2) is 2.48. The predicted octanol–water partition coefficient (Wildman–Crippen LogP) is 1.12. The van der Waals surface area contributed by atoms with Crippen LogP contribution in [0.25, 0.3) is 11.5 Å². The maximum atomic E-state index is 4.19. The lowest BCUT2D eigenvalue weighted by atomic mass is 10.3. The van der Waals surface area contributed by atoms with Gasteiger partial charge in [-0.1, -0.05) is 0 Å². The summed E-state index contributed by atoms with van der Waals surface area (Å²) in [6.07, 6.45) is 3.68. The van der Waals surface area contributed by atoms with Gasteiger partial charge >= 0.3 is 0 Å². The third-order valence-corrected chi connectivity index (χ3v) is 1.77. The molecule has 0 unspecified atom stereocenters. The summed E-state index contributed by atoms with van der Waals surface area (Å²) in [6.45, 7) is 1.95. The third-order valence-electron chi connectivity index (χ3n) is 1.77. The molecule has 0 aliphatic heterocycles. The Morgan fingerprint density at radius 1 is 1.50 bits per heavy atom. The zero-order chi connectivity index (χ0) is 8.55. The fraction of sp³-hybridized carbons (Fsp3) is 0.250. The lowest BCUT2D eigenvalue weighted by molar-refractivity contribution is 0.912. The van der Waals surface area contributed by atoms with Crippen molar-refractivity contribution in [3.05, 3.63) is 24.2 Å². The van der Waals surface area contributed by atoms with Gasteiger partial charge in [0.2, 0.25) is 0 Å². The quantitative estimate of drug-likeness (QED) is 0.683. The van der Waals surface area contributed by atoms with E-state index in [0.29, 0.717) is 0 Å². The fourth-order valence-corrected chi connectivity index (χ4v) is 1.16. The minimum Gasteiger partial charge on any atom is -0.333 e. The van der Waals surface area contributed by atoms with Crippen molar-refractivity contribution in [1.82, 2.24) is 19.7 Å². The van der Waals surface area contributed by atoms with Crippen molar-refractivity contribution in [2.45, 2.75) is 6.92 Å². The van der Waals surface area contributed by atoms with Crippen LogP contribution in [0.3, 0.4) is 0 Å². The van der Waals surface area contributed by atoms with Gasteiger partial charge in [0.05, 0.1) is 5.69 Å². The van der Waals surface area contributed by atoms with Crippen LogP contribution < -0.4 is 0 Å². The van der Waals surface area contributed by atoms with Crippen LogP contribution >= 0.6 is 0 Å². The molecule has 0 aliphatic carbocycles. The molecule has 12 heavy (non-hydrogen) atoms. The highest BCUT2D eigenvalue weighted by Crippen LogP contribution is 2.13. The lowest BCUT2D eigenvalue weighted by Crippen LogP contribution is -1.90. The van der Waals surface area contributed by atoms with Gasteiger partial charge in [0.1, 0.15) is 5.69 Å². The highest BCUT2D eigenvalue weighted by molar-refractivity contribution is 5.49. The summed E-state index contributed by atoms with van der Waals surface area (Å²) in [4.78, 5) is 4.19. The molecule has 0 saturated carbocycles. The Morgan fingerprint density at radius 3 is 2.83 bits per heavy atom. The smallest absolute Gasteiger partial charge is 0.157 e. The lowest BCUT2D eigenvalue weighted by Gasteiger charge is -1.95. The molecule has 2 aromatic rings. The number of hydrogen-bond acceptors (Lipinski definition) is 2. The number of imidazole rings is 1. The van der Waals surface area contributed by atoms with Crippen LogP contribution in [-0.2, 0) is 7.05 Å². The predicted molar refractivity (Wildman–Crippen MR) is 45.5 cm³/mol. The summed E-state index contributed by atoms with van der Waals surface area (Å²) < 4.78 is 1.95. The zero-order valence-electron chi connectivity index (χ0n) is 7.07. The van der Waals surface area contributed by atoms with Gasteiger partial charge in [-0.15, -0.1) is 0 Å². The van der Waals surface area contributed by atoms with Gasteiger partial charge in [-0.25, -0.2) is 4.98 Å². The summed E-state index contributed by atoms with van der Waals surface area (Å²) >= 11 is 0. The van der Waals surface area contributed by atoms with E-state index in [9.17, 15) is 0 Å². The monoisotopic (exact) mass is 162 g/mol. The zero-order valence-corrected chi connectivity index (χ0v) is 7.07. The Labute approximate surface area is 70.3 Å². The van der Waals surface area contributed by atoms with Crippen LogP contribution in [-0.4, -0.2) is 19.7 Å². The van der Waals surface area contributed by atoms with E-state index in [1.165, 1.54) is 0 Å². The van der Waals surface area contributed by atoms with Crippen molar-refractivity contribution in [2.75, 3.05) is 0 Å². The topological polar surface area (TPSA) is 46.5 Å². The Morgan fingerprint density at radius 2 is 2.33 bits per heavy atom. The first-order chi connectivity index (χ1) is 5.77. The van der Waals surface area contributed by atoms with Gasteiger partial charge in [0, 0.05) is 19.4 Å². The number of H-pyrrole nitrogens is 1. The first-order valence-electron chi connectivity index (χ1n) is 3.77. The van der Waals surface area contributed by atoms with Crippen molar-refractivity contribution in [3.8, 4) is 11.5 Å². The van der Waals surface area contributed by atoms with E-state index in [-0.39, 0.29) is 0 Å². The van der Waals surface area contributed by atoms with Gasteiger partial charge in [0.15, 0.2) is 5.82 Å². The maximum Gasteiger partial charge on any atom is 0.157 e. The Bertz CT molecular complexity index is 385. The van der Waals surface area contributed by atoms with E-state index in [1.807, 2.05) is 30.8 Å². The van der Waals surface area contributed by atoms with E-state index in [1.54, 1.807) is 6.20 Å². The normalized spacial score (nSPS) is 10.5. The van der Waals surface area contributed by atoms with Crippen molar-refractivity contribution >= 4 is 0 Å². The number of aryl methyl sites for hydroxylation is 2. The van der Waals surface area contributed by atoms with Crippen LogP contribution in [0.4, 0.5) is 0 Å². The van der Waals surface area contributed by atoms with Crippen molar-refractivity contribution in [2.24, 2.45) is 7.05 Å². The van der Waals surface area contributed by atoms with E-state index in [2.05, 4.69) is 15.2 Å². The molecule has 2 aromatic heterocycles. The molecule has 4 nitrogen and oxygen atoms in total. The standard InChI is InChI=1S/C8H10N4/c1-6-5-7(11-10-6)8-9-3-4-12(8)2/h3-5H,1-2H3,(H,10,11). The van der Waals surface area contributed by atoms with Crippen LogP contribution in [0, 0.1) is 6.92 Å². The molecule has 0 atom stereocenters. The molecule has 1 N–H and O–H groups in total. The molecule has 4 heteroatoms. The fourth-order valence-electron chi connectivity index (χ4n) is 1.16. The molecule has 0 fully saturated rings. The van der Waals surface area contributed by atoms with Crippen LogP contribution in [0.1, 0.15) is 5.69 Å². The van der Waals surface area contributed by atoms with Gasteiger partial charge in [-0.3, -0.25) is 5.10 Å². The molecule has 0 spiro atoms. The third kappa shape index (κ3) is 1.01. The molecule has 2 heterocycles. The molecular weight excluding hydrogens is 152 g/mol. The molecule has 0 aliphatic rings. The molecule has 62 valence electrons. The first-order valence-corrected chi connectivity index (χ1v) is 3.77. The number of aromatic amines is 1. The number of aromatic nitrogens is 4. The summed E-state index contributed by atoms with van der Waals surface area (Å²) in [5.74, 6) is 0.913. The number of rotatable bonds is 1. The number of hydrogen-bond donors (Lipinski definition) is 1. The van der Waals surface area contributed by atoms with Crippen molar-refractivity contribution in [3.63, 3.8) is 0 Å². The van der Waals surface area contributed by atoms with Gasteiger partial charge in [0.25, 0.3) is 0 Å². The van der Waals surface area contributed by atoms with Gasteiger partial charge in [-0.2, -0.15) is 5.10 Å². The molecule has 0 aromatic carbocycles. The highest BCUT2D eigenvalue weighted by atomic mass is 15.2. The second-order valence-corrected chi connectivity index (χ2v) is 2.78. The molecule has 2 rings (SSSR count). The Hall–Kier alpha value is -1.58. The van der Waals surface area contributed by atoms with Crippen LogP contribution in [0.5, 0.6) is 0 Å². The molecule has 0 saturated heterocycles. The van der Waals surface area contributed by atoms with E-state index < -0.39 is 0 Å². The van der Waals surface area contributed by atoms with Gasteiger partial charge in [-0.05, 0) is 13.0 Å². The average Bonchev–Trinajstić information content (AvgIpc) is 2.58. The summed E-state index contributed by atoms with van der Waals surface area (Å²) in [5.41, 5.74) is 1.94. The summed E-state index contributed by atoms with van der Waals surface area (Å²) in [5, 5.41) is 6.95. The molecule has 0 amide bonds. The van der Waals surface area contributed by atoms with E-state index >= 15 is 0 Å². The largest absolute Gasteiger partial charge is 0.333 e. The maximum absolute atomic E-state index is 4.19. The number of nitrogens with zero attached hydrogens (tertiary/aromatic N) is 3. The second-order valence-electron chi connectivity index (χ2n) is 2.78.